The molecule has 98 valence electrons. The summed E-state index contributed by atoms with van der Waals surface area (Å²) in [7, 11) is 0. The molecule has 1 aromatic carbocycles. The van der Waals surface area contributed by atoms with Gasteiger partial charge < -0.3 is 5.32 Å². The zero-order valence-corrected chi connectivity index (χ0v) is 11.5. The van der Waals surface area contributed by atoms with E-state index in [4.69, 9.17) is 11.6 Å². The topological polar surface area (TPSA) is 24.9 Å². The lowest BCUT2D eigenvalue weighted by atomic mass is 10.0. The van der Waals surface area contributed by atoms with E-state index in [2.05, 4.69) is 34.6 Å². The number of nitrogens with one attached hydrogen (secondary N) is 1. The Morgan fingerprint density at radius 2 is 1.89 bits per heavy atom. The minimum absolute atomic E-state index is 0.708. The summed E-state index contributed by atoms with van der Waals surface area (Å²) in [6, 6.07) is 11.1. The van der Waals surface area contributed by atoms with Gasteiger partial charge in [-0.3, -0.25) is 4.98 Å². The van der Waals surface area contributed by atoms with Crippen LogP contribution in [0.25, 0.3) is 0 Å². The third kappa shape index (κ3) is 3.55. The van der Waals surface area contributed by atoms with E-state index in [0.717, 1.165) is 18.0 Å². The molecule has 2 nitrogen and oxygen atoms in total. The molecule has 0 saturated heterocycles. The molecule has 1 fully saturated rings. The Hall–Kier alpha value is -1.38. The Bertz CT molecular complexity index is 550. The van der Waals surface area contributed by atoms with Crippen LogP contribution in [-0.4, -0.2) is 11.0 Å². The van der Waals surface area contributed by atoms with Gasteiger partial charge in [0.25, 0.3) is 0 Å². The highest BCUT2D eigenvalue weighted by atomic mass is 35.5. The first-order valence-corrected chi connectivity index (χ1v) is 7.08. The first kappa shape index (κ1) is 12.6. The molecule has 0 radical (unpaired) electrons. The summed E-state index contributed by atoms with van der Waals surface area (Å²) >= 11 is 6.25. The number of aromatic nitrogens is 1. The van der Waals surface area contributed by atoms with Crippen LogP contribution < -0.4 is 5.32 Å². The van der Waals surface area contributed by atoms with Gasteiger partial charge in [-0.15, -0.1) is 0 Å². The second-order valence-corrected chi connectivity index (χ2v) is 5.52. The number of rotatable bonds is 5. The van der Waals surface area contributed by atoms with Gasteiger partial charge in [-0.2, -0.15) is 0 Å². The van der Waals surface area contributed by atoms with Crippen molar-refractivity contribution in [1.29, 1.82) is 0 Å². The van der Waals surface area contributed by atoms with Gasteiger partial charge in [0.1, 0.15) is 0 Å². The summed E-state index contributed by atoms with van der Waals surface area (Å²) in [6.45, 7) is 0.869. The molecular formula is C16H17ClN2. The standard InChI is InChI=1S/C16H17ClN2/c17-16-4-1-13(9-12-5-7-18-8-6-12)10-14(16)11-19-15-2-3-15/h1,4-8,10,15,19H,2-3,9,11H2. The average molecular weight is 273 g/mol. The predicted molar refractivity (Wildman–Crippen MR) is 78.4 cm³/mol. The monoisotopic (exact) mass is 272 g/mol. The van der Waals surface area contributed by atoms with E-state index in [1.807, 2.05) is 18.5 Å². The largest absolute Gasteiger partial charge is 0.310 e. The van der Waals surface area contributed by atoms with Crippen molar-refractivity contribution in [3.63, 3.8) is 0 Å². The van der Waals surface area contributed by atoms with Crippen LogP contribution in [0.3, 0.4) is 0 Å². The maximum atomic E-state index is 6.25. The Balaban J connectivity index is 1.72. The van der Waals surface area contributed by atoms with E-state index >= 15 is 0 Å². The van der Waals surface area contributed by atoms with Crippen LogP contribution in [0.15, 0.2) is 42.7 Å². The third-order valence-corrected chi connectivity index (χ3v) is 3.79. The summed E-state index contributed by atoms with van der Waals surface area (Å²) in [5, 5.41) is 4.36. The van der Waals surface area contributed by atoms with Gasteiger partial charge in [-0.05, 0) is 54.2 Å². The van der Waals surface area contributed by atoms with Gasteiger partial charge >= 0.3 is 0 Å². The average Bonchev–Trinajstić information content (AvgIpc) is 3.25. The Morgan fingerprint density at radius 3 is 2.63 bits per heavy atom. The van der Waals surface area contributed by atoms with Crippen LogP contribution in [0.1, 0.15) is 29.5 Å². The van der Waals surface area contributed by atoms with Crippen LogP contribution in [0.2, 0.25) is 5.02 Å². The lowest BCUT2D eigenvalue weighted by Gasteiger charge is -2.09. The van der Waals surface area contributed by atoms with Gasteiger partial charge in [-0.25, -0.2) is 0 Å². The van der Waals surface area contributed by atoms with Crippen molar-refractivity contribution in [2.24, 2.45) is 0 Å². The summed E-state index contributed by atoms with van der Waals surface area (Å²) in [5.74, 6) is 0. The second kappa shape index (κ2) is 5.72. The Kier molecular flexibility index (Phi) is 3.81. The van der Waals surface area contributed by atoms with Crippen LogP contribution in [0.5, 0.6) is 0 Å². The minimum atomic E-state index is 0.708. The number of hydrogen-bond donors (Lipinski definition) is 1. The van der Waals surface area contributed by atoms with Crippen LogP contribution in [0, 0.1) is 0 Å². The first-order chi connectivity index (χ1) is 9.31. The minimum Gasteiger partial charge on any atom is -0.310 e. The van der Waals surface area contributed by atoms with Gasteiger partial charge in [0.15, 0.2) is 0 Å². The molecule has 1 saturated carbocycles. The van der Waals surface area contributed by atoms with Gasteiger partial charge in [-0.1, -0.05) is 23.7 Å². The molecular weight excluding hydrogens is 256 g/mol. The lowest BCUT2D eigenvalue weighted by Crippen LogP contribution is -2.15. The van der Waals surface area contributed by atoms with Crippen LogP contribution >= 0.6 is 11.6 Å². The van der Waals surface area contributed by atoms with Gasteiger partial charge in [0.05, 0.1) is 0 Å². The molecule has 2 aromatic rings. The molecule has 1 heterocycles. The molecule has 3 rings (SSSR count). The molecule has 0 aliphatic heterocycles. The summed E-state index contributed by atoms with van der Waals surface area (Å²) in [4.78, 5) is 4.04. The summed E-state index contributed by atoms with van der Waals surface area (Å²) in [6.07, 6.45) is 7.19. The number of hydrogen-bond acceptors (Lipinski definition) is 2. The fraction of sp³-hybridized carbons (Fsp3) is 0.312. The van der Waals surface area contributed by atoms with Crippen molar-refractivity contribution >= 4 is 11.6 Å². The van der Waals surface area contributed by atoms with Crippen LogP contribution in [-0.2, 0) is 13.0 Å². The molecule has 0 unspecified atom stereocenters. The highest BCUT2D eigenvalue weighted by molar-refractivity contribution is 6.31. The molecule has 0 bridgehead atoms. The maximum Gasteiger partial charge on any atom is 0.0451 e. The van der Waals surface area contributed by atoms with Crippen molar-refractivity contribution in [3.8, 4) is 0 Å². The molecule has 1 N–H and O–H groups in total. The van der Waals surface area contributed by atoms with Crippen molar-refractivity contribution in [3.05, 3.63) is 64.4 Å². The number of halogens is 1. The van der Waals surface area contributed by atoms with Crippen molar-refractivity contribution in [2.45, 2.75) is 31.8 Å². The lowest BCUT2D eigenvalue weighted by molar-refractivity contribution is 0.687. The molecule has 0 amide bonds. The predicted octanol–water partition coefficient (Wildman–Crippen LogP) is 3.58. The van der Waals surface area contributed by atoms with Crippen molar-refractivity contribution in [1.82, 2.24) is 10.3 Å². The highest BCUT2D eigenvalue weighted by Gasteiger charge is 2.20. The normalized spacial score (nSPS) is 14.6. The van der Waals surface area contributed by atoms with Gasteiger partial charge in [0.2, 0.25) is 0 Å². The zero-order chi connectivity index (χ0) is 13.1. The van der Waals surface area contributed by atoms with E-state index in [1.165, 1.54) is 29.5 Å². The second-order valence-electron chi connectivity index (χ2n) is 5.11. The van der Waals surface area contributed by atoms with Crippen molar-refractivity contribution < 1.29 is 0 Å². The van der Waals surface area contributed by atoms with Crippen molar-refractivity contribution in [2.75, 3.05) is 0 Å². The van der Waals surface area contributed by atoms with E-state index < -0.39 is 0 Å². The molecule has 1 aromatic heterocycles. The van der Waals surface area contributed by atoms with E-state index in [0.29, 0.717) is 6.04 Å². The molecule has 0 atom stereocenters. The smallest absolute Gasteiger partial charge is 0.0451 e. The van der Waals surface area contributed by atoms with Gasteiger partial charge in [0, 0.05) is 30.0 Å². The maximum absolute atomic E-state index is 6.25. The van der Waals surface area contributed by atoms with E-state index in [1.54, 1.807) is 0 Å². The molecule has 1 aliphatic rings. The zero-order valence-electron chi connectivity index (χ0n) is 10.8. The number of nitrogens with zero attached hydrogens (tertiary/aromatic N) is 1. The molecule has 19 heavy (non-hydrogen) atoms. The molecule has 3 heteroatoms. The number of pyridine rings is 1. The molecule has 1 aliphatic carbocycles. The quantitative estimate of drug-likeness (QED) is 0.900. The SMILES string of the molecule is Clc1ccc(Cc2ccncc2)cc1CNC1CC1. The van der Waals surface area contributed by atoms with Crippen LogP contribution in [0.4, 0.5) is 0 Å². The summed E-state index contributed by atoms with van der Waals surface area (Å²) in [5.41, 5.74) is 3.77. The number of benzene rings is 1. The fourth-order valence-corrected chi connectivity index (χ4v) is 2.34. The molecule has 0 spiro atoms. The third-order valence-electron chi connectivity index (χ3n) is 3.43. The highest BCUT2D eigenvalue weighted by Crippen LogP contribution is 2.23. The fourth-order valence-electron chi connectivity index (χ4n) is 2.15. The Morgan fingerprint density at radius 1 is 1.11 bits per heavy atom. The summed E-state index contributed by atoms with van der Waals surface area (Å²) < 4.78 is 0. The Labute approximate surface area is 118 Å². The first-order valence-electron chi connectivity index (χ1n) is 6.71. The van der Waals surface area contributed by atoms with E-state index in [9.17, 15) is 0 Å². The van der Waals surface area contributed by atoms with E-state index in [-0.39, 0.29) is 0 Å².